The normalized spacial score (nSPS) is 19.9. The van der Waals surface area contributed by atoms with Crippen molar-refractivity contribution < 1.29 is 28.2 Å². The SMILES string of the molecule is COCCOC[C@H]1Cn2cc(-c3ncc(CC4=CCC(F)C=C4F)s3)c(=O)c(O)c2C(=O)N1C(C)C. The Labute approximate surface area is 211 Å². The van der Waals surface area contributed by atoms with Gasteiger partial charge in [-0.25, -0.2) is 13.8 Å². The lowest BCUT2D eigenvalue weighted by Crippen LogP contribution is -2.54. The van der Waals surface area contributed by atoms with Crippen LogP contribution < -0.4 is 5.43 Å². The van der Waals surface area contributed by atoms with Crippen molar-refractivity contribution in [1.82, 2.24) is 14.5 Å². The predicted octanol–water partition coefficient (Wildman–Crippen LogP) is 3.64. The highest BCUT2D eigenvalue weighted by Gasteiger charge is 2.37. The molecule has 0 saturated heterocycles. The first-order chi connectivity index (χ1) is 17.2. The highest BCUT2D eigenvalue weighted by Crippen LogP contribution is 2.32. The monoisotopic (exact) mass is 521 g/mol. The minimum Gasteiger partial charge on any atom is -0.503 e. The minimum atomic E-state index is -1.33. The first kappa shape index (κ1) is 26.2. The molecule has 3 heterocycles. The second-order valence-corrected chi connectivity index (χ2v) is 10.2. The number of fused-ring (bicyclic) bond motifs is 1. The van der Waals surface area contributed by atoms with Crippen molar-refractivity contribution >= 4 is 17.2 Å². The molecule has 0 radical (unpaired) electrons. The summed E-state index contributed by atoms with van der Waals surface area (Å²) in [5, 5.41) is 11.1. The second kappa shape index (κ2) is 11.0. The van der Waals surface area contributed by atoms with Crippen LogP contribution in [0, 0.1) is 0 Å². The van der Waals surface area contributed by atoms with Gasteiger partial charge in [0.25, 0.3) is 5.91 Å². The number of thiazole rings is 1. The highest BCUT2D eigenvalue weighted by atomic mass is 32.1. The van der Waals surface area contributed by atoms with Gasteiger partial charge in [0.15, 0.2) is 11.4 Å². The third-order valence-corrected chi connectivity index (χ3v) is 7.20. The average Bonchev–Trinajstić information content (AvgIpc) is 3.28. The Balaban J connectivity index is 1.63. The van der Waals surface area contributed by atoms with Gasteiger partial charge in [0.1, 0.15) is 17.0 Å². The molecule has 0 aromatic carbocycles. The maximum atomic E-state index is 14.1. The molecule has 0 fully saturated rings. The molecule has 1 aliphatic heterocycles. The van der Waals surface area contributed by atoms with Crippen LogP contribution in [-0.2, 0) is 22.4 Å². The van der Waals surface area contributed by atoms with Gasteiger partial charge in [-0.15, -0.1) is 11.3 Å². The van der Waals surface area contributed by atoms with E-state index in [1.54, 1.807) is 16.6 Å². The number of ether oxygens (including phenoxy) is 2. The molecule has 36 heavy (non-hydrogen) atoms. The van der Waals surface area contributed by atoms with Gasteiger partial charge in [-0.05, 0) is 25.5 Å². The lowest BCUT2D eigenvalue weighted by molar-refractivity contribution is 0.00831. The van der Waals surface area contributed by atoms with Crippen molar-refractivity contribution in [3.05, 3.63) is 56.7 Å². The van der Waals surface area contributed by atoms with Gasteiger partial charge in [0.05, 0.1) is 31.4 Å². The van der Waals surface area contributed by atoms with Gasteiger partial charge in [-0.2, -0.15) is 0 Å². The predicted molar refractivity (Wildman–Crippen MR) is 132 cm³/mol. The number of pyridine rings is 1. The van der Waals surface area contributed by atoms with Crippen LogP contribution in [0.15, 0.2) is 40.7 Å². The lowest BCUT2D eigenvalue weighted by atomic mass is 10.0. The van der Waals surface area contributed by atoms with Crippen LogP contribution in [-0.4, -0.2) is 70.7 Å². The molecule has 2 aromatic rings. The number of carbonyl (C=O) groups is 1. The molecule has 8 nitrogen and oxygen atoms in total. The van der Waals surface area contributed by atoms with E-state index < -0.39 is 29.1 Å². The van der Waals surface area contributed by atoms with Gasteiger partial charge >= 0.3 is 0 Å². The summed E-state index contributed by atoms with van der Waals surface area (Å²) in [5.41, 5.74) is -0.241. The van der Waals surface area contributed by atoms with Crippen molar-refractivity contribution in [2.75, 3.05) is 26.9 Å². The number of nitrogens with zero attached hydrogens (tertiary/aromatic N) is 3. The number of hydrogen-bond acceptors (Lipinski definition) is 7. The maximum Gasteiger partial charge on any atom is 0.275 e. The smallest absolute Gasteiger partial charge is 0.275 e. The van der Waals surface area contributed by atoms with E-state index in [9.17, 15) is 23.5 Å². The van der Waals surface area contributed by atoms with E-state index in [1.165, 1.54) is 29.8 Å². The van der Waals surface area contributed by atoms with Gasteiger partial charge in [0.2, 0.25) is 5.43 Å². The van der Waals surface area contributed by atoms with Crippen molar-refractivity contribution in [2.45, 2.75) is 51.5 Å². The maximum absolute atomic E-state index is 14.1. The van der Waals surface area contributed by atoms with Gasteiger partial charge in [-0.3, -0.25) is 9.59 Å². The van der Waals surface area contributed by atoms with E-state index in [-0.39, 0.29) is 42.8 Å². The van der Waals surface area contributed by atoms with Crippen LogP contribution in [0.25, 0.3) is 10.6 Å². The first-order valence-electron chi connectivity index (χ1n) is 11.7. The largest absolute Gasteiger partial charge is 0.503 e. The summed E-state index contributed by atoms with van der Waals surface area (Å²) in [6.45, 7) is 5.12. The third kappa shape index (κ3) is 5.28. The molecule has 1 unspecified atom stereocenters. The number of aromatic hydroxyl groups is 1. The fraction of sp³-hybridized carbons (Fsp3) is 0.480. The Morgan fingerprint density at radius 3 is 2.78 bits per heavy atom. The van der Waals surface area contributed by atoms with Crippen LogP contribution in [0.5, 0.6) is 5.75 Å². The topological polar surface area (TPSA) is 93.9 Å². The van der Waals surface area contributed by atoms with E-state index in [1.807, 2.05) is 13.8 Å². The summed E-state index contributed by atoms with van der Waals surface area (Å²) in [7, 11) is 1.58. The fourth-order valence-electron chi connectivity index (χ4n) is 4.47. The molecule has 4 rings (SSSR count). The Hall–Kier alpha value is -2.89. The number of halogens is 2. The number of hydrogen-bond donors (Lipinski definition) is 1. The summed E-state index contributed by atoms with van der Waals surface area (Å²) in [5.74, 6) is -1.67. The quantitative estimate of drug-likeness (QED) is 0.507. The fourth-order valence-corrected chi connectivity index (χ4v) is 5.41. The van der Waals surface area contributed by atoms with E-state index in [2.05, 4.69) is 4.98 Å². The second-order valence-electron chi connectivity index (χ2n) is 9.05. The molecule has 0 bridgehead atoms. The number of alkyl halides is 1. The standard InChI is InChI=1S/C25H29F2N3O5S/c1-14(2)30-17(13-35-7-6-34-3)11-29-12-19(22(31)23(32)21(29)25(30)33)24-28-10-18(36-24)8-15-4-5-16(26)9-20(15)27/h4,9-10,12,14,16-17,32H,5-8,11,13H2,1-3H3/t16?,17-/m1/s1. The van der Waals surface area contributed by atoms with E-state index >= 15 is 0 Å². The van der Waals surface area contributed by atoms with Crippen LogP contribution in [0.3, 0.4) is 0 Å². The highest BCUT2D eigenvalue weighted by molar-refractivity contribution is 7.15. The number of aromatic nitrogens is 2. The van der Waals surface area contributed by atoms with Crippen LogP contribution >= 0.6 is 11.3 Å². The summed E-state index contributed by atoms with van der Waals surface area (Å²) < 4.78 is 39.7. The molecular weight excluding hydrogens is 492 g/mol. The van der Waals surface area contributed by atoms with Crippen molar-refractivity contribution in [2.24, 2.45) is 0 Å². The average molecular weight is 522 g/mol. The van der Waals surface area contributed by atoms with Crippen molar-refractivity contribution in [3.63, 3.8) is 0 Å². The number of amides is 1. The lowest BCUT2D eigenvalue weighted by Gasteiger charge is -2.40. The summed E-state index contributed by atoms with van der Waals surface area (Å²) in [6, 6.07) is -0.481. The van der Waals surface area contributed by atoms with E-state index in [0.29, 0.717) is 35.2 Å². The molecular formula is C25H29F2N3O5S. The summed E-state index contributed by atoms with van der Waals surface area (Å²) in [4.78, 5) is 33.0. The van der Waals surface area contributed by atoms with Gasteiger partial charge in [0, 0.05) is 49.8 Å². The van der Waals surface area contributed by atoms with Crippen molar-refractivity contribution in [1.29, 1.82) is 0 Å². The van der Waals surface area contributed by atoms with Gasteiger partial charge < -0.3 is 24.0 Å². The number of carbonyl (C=O) groups excluding carboxylic acids is 1. The molecule has 1 N–H and O–H groups in total. The van der Waals surface area contributed by atoms with Crippen molar-refractivity contribution in [3.8, 4) is 16.3 Å². The van der Waals surface area contributed by atoms with Gasteiger partial charge in [-0.1, -0.05) is 6.08 Å². The zero-order valence-electron chi connectivity index (χ0n) is 20.4. The molecule has 11 heteroatoms. The summed E-state index contributed by atoms with van der Waals surface area (Å²) >= 11 is 1.18. The van der Waals surface area contributed by atoms with E-state index in [0.717, 1.165) is 6.08 Å². The zero-order valence-corrected chi connectivity index (χ0v) is 21.2. The first-order valence-corrected chi connectivity index (χ1v) is 12.5. The molecule has 2 aliphatic rings. The van der Waals surface area contributed by atoms with Crippen LogP contribution in [0.2, 0.25) is 0 Å². The molecule has 194 valence electrons. The summed E-state index contributed by atoms with van der Waals surface area (Å²) in [6.07, 6.45) is 4.56. The Morgan fingerprint density at radius 1 is 1.31 bits per heavy atom. The van der Waals surface area contributed by atoms with Crippen LogP contribution in [0.4, 0.5) is 8.78 Å². The Bertz CT molecular complexity index is 1250. The Morgan fingerprint density at radius 2 is 2.08 bits per heavy atom. The zero-order chi connectivity index (χ0) is 26.0. The van der Waals surface area contributed by atoms with Crippen LogP contribution in [0.1, 0.15) is 35.6 Å². The molecule has 2 aromatic heterocycles. The minimum absolute atomic E-state index is 0.0669. The molecule has 2 atom stereocenters. The molecule has 0 spiro atoms. The molecule has 1 aliphatic carbocycles. The third-order valence-electron chi connectivity index (χ3n) is 6.16. The molecule has 1 amide bonds. The number of rotatable bonds is 9. The molecule has 0 saturated carbocycles. The van der Waals surface area contributed by atoms with E-state index in [4.69, 9.17) is 9.47 Å². The number of allylic oxidation sites excluding steroid dienone is 4. The number of methoxy groups -OCH3 is 1. The Kier molecular flexibility index (Phi) is 8.01.